The highest BCUT2D eigenvalue weighted by Gasteiger charge is 2.22. The zero-order valence-electron chi connectivity index (χ0n) is 14.8. The smallest absolute Gasteiger partial charge is 0.300 e. The summed E-state index contributed by atoms with van der Waals surface area (Å²) >= 11 is 0. The molecule has 2 N–H and O–H groups in total. The third kappa shape index (κ3) is 4.02. The van der Waals surface area contributed by atoms with E-state index in [9.17, 15) is 9.59 Å². The van der Waals surface area contributed by atoms with Crippen LogP contribution in [0.4, 0.5) is 5.82 Å². The number of amides is 1. The molecule has 0 unspecified atom stereocenters. The van der Waals surface area contributed by atoms with E-state index in [1.165, 1.54) is 17.7 Å². The van der Waals surface area contributed by atoms with E-state index in [4.69, 9.17) is 10.5 Å². The van der Waals surface area contributed by atoms with E-state index < -0.39 is 0 Å². The fourth-order valence-corrected chi connectivity index (χ4v) is 3.04. The minimum Gasteiger partial charge on any atom is -0.468 e. The van der Waals surface area contributed by atoms with Gasteiger partial charge in [0.15, 0.2) is 0 Å². The molecule has 1 aromatic heterocycles. The molecule has 0 saturated carbocycles. The van der Waals surface area contributed by atoms with E-state index in [0.717, 1.165) is 13.1 Å². The molecule has 0 aliphatic carbocycles. The summed E-state index contributed by atoms with van der Waals surface area (Å²) in [4.78, 5) is 32.7. The van der Waals surface area contributed by atoms with Gasteiger partial charge in [-0.1, -0.05) is 18.2 Å². The lowest BCUT2D eigenvalue weighted by Gasteiger charge is -2.34. The molecule has 2 aromatic rings. The summed E-state index contributed by atoms with van der Waals surface area (Å²) in [5.41, 5.74) is 6.07. The van der Waals surface area contributed by atoms with Crippen LogP contribution in [0.15, 0.2) is 41.2 Å². The standard InChI is InChI=1S/C18H23N5O3/c1-26-18-20-15(19)13-16(24)23(18)12-9-21-7-10-22(11-8-21)17(25)14-5-3-2-4-6-14/h2-6,13H,7-12,19H2,1H3. The highest BCUT2D eigenvalue weighted by Crippen LogP contribution is 2.10. The van der Waals surface area contributed by atoms with Crippen LogP contribution in [0.3, 0.4) is 0 Å². The molecule has 26 heavy (non-hydrogen) atoms. The Kier molecular flexibility index (Phi) is 5.52. The van der Waals surface area contributed by atoms with Gasteiger partial charge in [-0.15, -0.1) is 0 Å². The number of anilines is 1. The van der Waals surface area contributed by atoms with Gasteiger partial charge in [0.2, 0.25) is 0 Å². The summed E-state index contributed by atoms with van der Waals surface area (Å²) in [7, 11) is 1.46. The number of methoxy groups -OCH3 is 1. The molecule has 0 spiro atoms. The monoisotopic (exact) mass is 357 g/mol. The summed E-state index contributed by atoms with van der Waals surface area (Å²) in [6.45, 7) is 3.99. The second-order valence-electron chi connectivity index (χ2n) is 6.16. The summed E-state index contributed by atoms with van der Waals surface area (Å²) in [5, 5.41) is 0. The Morgan fingerprint density at radius 1 is 1.15 bits per heavy atom. The lowest BCUT2D eigenvalue weighted by Crippen LogP contribution is -2.49. The first kappa shape index (κ1) is 17.9. The fourth-order valence-electron chi connectivity index (χ4n) is 3.04. The molecule has 8 heteroatoms. The van der Waals surface area contributed by atoms with Crippen LogP contribution in [0.5, 0.6) is 6.01 Å². The van der Waals surface area contributed by atoms with Crippen molar-refractivity contribution in [1.82, 2.24) is 19.4 Å². The third-order valence-electron chi connectivity index (χ3n) is 4.50. The van der Waals surface area contributed by atoms with Crippen molar-refractivity contribution in [2.75, 3.05) is 45.6 Å². The Morgan fingerprint density at radius 3 is 2.50 bits per heavy atom. The van der Waals surface area contributed by atoms with Crippen LogP contribution in [0.1, 0.15) is 10.4 Å². The first-order valence-corrected chi connectivity index (χ1v) is 8.56. The molecule has 1 aliphatic heterocycles. The maximum absolute atomic E-state index is 12.5. The number of rotatable bonds is 5. The van der Waals surface area contributed by atoms with Crippen molar-refractivity contribution in [2.24, 2.45) is 0 Å². The van der Waals surface area contributed by atoms with Crippen molar-refractivity contribution in [3.05, 3.63) is 52.3 Å². The van der Waals surface area contributed by atoms with Crippen molar-refractivity contribution in [3.8, 4) is 6.01 Å². The van der Waals surface area contributed by atoms with Crippen molar-refractivity contribution >= 4 is 11.7 Å². The number of nitrogens with two attached hydrogens (primary N) is 1. The number of ether oxygens (including phenoxy) is 1. The fraction of sp³-hybridized carbons (Fsp3) is 0.389. The predicted octanol–water partition coefficient (Wildman–Crippen LogP) is 0.292. The SMILES string of the molecule is COc1nc(N)cc(=O)n1CCN1CCN(C(=O)c2ccccc2)CC1. The van der Waals surface area contributed by atoms with Crippen molar-refractivity contribution in [3.63, 3.8) is 0 Å². The van der Waals surface area contributed by atoms with Gasteiger partial charge in [0.05, 0.1) is 7.11 Å². The molecule has 138 valence electrons. The molecule has 8 nitrogen and oxygen atoms in total. The maximum Gasteiger partial charge on any atom is 0.300 e. The molecule has 0 radical (unpaired) electrons. The average Bonchev–Trinajstić information content (AvgIpc) is 2.67. The maximum atomic E-state index is 12.5. The predicted molar refractivity (Wildman–Crippen MR) is 98.2 cm³/mol. The van der Waals surface area contributed by atoms with E-state index in [2.05, 4.69) is 9.88 Å². The van der Waals surface area contributed by atoms with E-state index in [-0.39, 0.29) is 23.3 Å². The normalized spacial score (nSPS) is 15.0. The Morgan fingerprint density at radius 2 is 1.85 bits per heavy atom. The summed E-state index contributed by atoms with van der Waals surface area (Å²) < 4.78 is 6.61. The van der Waals surface area contributed by atoms with Crippen LogP contribution < -0.4 is 16.0 Å². The Hall–Kier alpha value is -2.87. The molecule has 1 aliphatic rings. The minimum absolute atomic E-state index is 0.0610. The van der Waals surface area contributed by atoms with Gasteiger partial charge in [-0.05, 0) is 12.1 Å². The molecular formula is C18H23N5O3. The van der Waals surface area contributed by atoms with Gasteiger partial charge >= 0.3 is 6.01 Å². The van der Waals surface area contributed by atoms with Crippen LogP contribution in [-0.2, 0) is 6.54 Å². The highest BCUT2D eigenvalue weighted by molar-refractivity contribution is 5.94. The quantitative estimate of drug-likeness (QED) is 0.827. The Balaban J connectivity index is 1.55. The van der Waals surface area contributed by atoms with E-state index in [1.54, 1.807) is 0 Å². The van der Waals surface area contributed by atoms with Gasteiger partial charge in [0, 0.05) is 50.9 Å². The number of aromatic nitrogens is 2. The molecular weight excluding hydrogens is 334 g/mol. The van der Waals surface area contributed by atoms with Crippen LogP contribution in [0.25, 0.3) is 0 Å². The third-order valence-corrected chi connectivity index (χ3v) is 4.50. The number of carbonyl (C=O) groups excluding carboxylic acids is 1. The van der Waals surface area contributed by atoms with E-state index in [0.29, 0.717) is 31.7 Å². The highest BCUT2D eigenvalue weighted by atomic mass is 16.5. The van der Waals surface area contributed by atoms with Crippen LogP contribution in [0, 0.1) is 0 Å². The lowest BCUT2D eigenvalue weighted by molar-refractivity contribution is 0.0632. The molecule has 2 heterocycles. The largest absolute Gasteiger partial charge is 0.468 e. The van der Waals surface area contributed by atoms with Gasteiger partial charge in [0.1, 0.15) is 5.82 Å². The summed E-state index contributed by atoms with van der Waals surface area (Å²) in [6, 6.07) is 10.8. The Bertz CT molecular complexity index is 813. The number of nitrogens with zero attached hydrogens (tertiary/aromatic N) is 4. The number of piperazine rings is 1. The molecule has 1 aromatic carbocycles. The molecule has 1 saturated heterocycles. The van der Waals surface area contributed by atoms with Crippen molar-refractivity contribution in [1.29, 1.82) is 0 Å². The Labute approximate surface area is 151 Å². The van der Waals surface area contributed by atoms with Crippen LogP contribution in [-0.4, -0.2) is 65.1 Å². The molecule has 1 amide bonds. The molecule has 0 bridgehead atoms. The van der Waals surface area contributed by atoms with Crippen molar-refractivity contribution < 1.29 is 9.53 Å². The molecule has 3 rings (SSSR count). The number of carbonyl (C=O) groups is 1. The second-order valence-corrected chi connectivity index (χ2v) is 6.16. The number of nitrogen functional groups attached to an aromatic ring is 1. The first-order valence-electron chi connectivity index (χ1n) is 8.56. The minimum atomic E-state index is -0.229. The number of hydrogen-bond donors (Lipinski definition) is 1. The number of hydrogen-bond acceptors (Lipinski definition) is 6. The van der Waals surface area contributed by atoms with Gasteiger partial charge in [-0.3, -0.25) is 19.1 Å². The van der Waals surface area contributed by atoms with Crippen LogP contribution >= 0.6 is 0 Å². The van der Waals surface area contributed by atoms with Gasteiger partial charge in [-0.25, -0.2) is 0 Å². The second kappa shape index (κ2) is 8.01. The zero-order valence-corrected chi connectivity index (χ0v) is 14.8. The molecule has 0 atom stereocenters. The zero-order chi connectivity index (χ0) is 18.5. The van der Waals surface area contributed by atoms with Crippen LogP contribution in [0.2, 0.25) is 0 Å². The topological polar surface area (TPSA) is 93.7 Å². The average molecular weight is 357 g/mol. The summed E-state index contributed by atoms with van der Waals surface area (Å²) in [5.74, 6) is 0.210. The summed E-state index contributed by atoms with van der Waals surface area (Å²) in [6.07, 6.45) is 0. The van der Waals surface area contributed by atoms with E-state index >= 15 is 0 Å². The molecule has 1 fully saturated rings. The lowest BCUT2D eigenvalue weighted by atomic mass is 10.2. The number of benzene rings is 1. The first-order chi connectivity index (χ1) is 12.6. The van der Waals surface area contributed by atoms with Gasteiger partial charge in [0.25, 0.3) is 11.5 Å². The van der Waals surface area contributed by atoms with Gasteiger partial charge in [-0.2, -0.15) is 4.98 Å². The van der Waals surface area contributed by atoms with E-state index in [1.807, 2.05) is 35.2 Å². The van der Waals surface area contributed by atoms with Gasteiger partial charge < -0.3 is 15.4 Å². The van der Waals surface area contributed by atoms with Crippen molar-refractivity contribution in [2.45, 2.75) is 6.54 Å².